The molecule has 0 aromatic heterocycles. The third-order valence-electron chi connectivity index (χ3n) is 15.9. The van der Waals surface area contributed by atoms with Crippen molar-refractivity contribution in [2.75, 3.05) is 86.6 Å². The number of unbranched alkanes of at least 4 members (excludes halogenated alkanes) is 25. The molecule has 90 heavy (non-hydrogen) atoms. The zero-order valence-corrected chi connectivity index (χ0v) is 59.4. The maximum atomic E-state index is 14.2. The molecular weight excluding hydrogens is 1140 g/mol. The van der Waals surface area contributed by atoms with Crippen molar-refractivity contribution in [3.63, 3.8) is 0 Å². The number of nitrogens with zero attached hydrogens (tertiary/aromatic N) is 2. The van der Waals surface area contributed by atoms with Crippen molar-refractivity contribution in [1.82, 2.24) is 9.80 Å². The molecule has 532 valence electrons. The quantitative estimate of drug-likeness (QED) is 0.0241. The summed E-state index contributed by atoms with van der Waals surface area (Å²) in [6, 6.07) is -0.781. The van der Waals surface area contributed by atoms with Crippen LogP contribution in [0.3, 0.4) is 0 Å². The van der Waals surface area contributed by atoms with Gasteiger partial charge >= 0.3 is 23.9 Å². The number of amides is 1. The van der Waals surface area contributed by atoms with Gasteiger partial charge in [0.2, 0.25) is 5.91 Å². The van der Waals surface area contributed by atoms with Crippen molar-refractivity contribution < 1.29 is 71.4 Å². The van der Waals surface area contributed by atoms with Gasteiger partial charge in [-0.3, -0.25) is 24.0 Å². The number of ether oxygens (including phenoxy) is 9. The molecule has 0 heterocycles. The van der Waals surface area contributed by atoms with Crippen LogP contribution in [0.1, 0.15) is 324 Å². The highest BCUT2D eigenvalue weighted by Gasteiger charge is 2.28. The second kappa shape index (κ2) is 70.1. The Morgan fingerprint density at radius 2 is 0.733 bits per heavy atom. The first-order valence-electron chi connectivity index (χ1n) is 36.9. The summed E-state index contributed by atoms with van der Waals surface area (Å²) < 4.78 is 53.8. The average Bonchev–Trinajstić information content (AvgIpc) is 2.62. The number of hydrogen-bond acceptors (Lipinski definition) is 16. The molecule has 0 aliphatic carbocycles. The Kier molecular flexibility index (Phi) is 69.2. The van der Waals surface area contributed by atoms with E-state index in [0.29, 0.717) is 91.3 Å². The molecular formula is C73H140N2O15. The van der Waals surface area contributed by atoms with Crippen LogP contribution in [0.4, 0.5) is 0 Å². The monoisotopic (exact) mass is 1290 g/mol. The van der Waals surface area contributed by atoms with Gasteiger partial charge in [0.1, 0.15) is 26.1 Å². The van der Waals surface area contributed by atoms with Gasteiger partial charge in [-0.15, -0.1) is 0 Å². The number of rotatable bonds is 69. The molecule has 0 bridgehead atoms. The van der Waals surface area contributed by atoms with E-state index in [9.17, 15) is 24.0 Å². The van der Waals surface area contributed by atoms with E-state index in [0.717, 1.165) is 96.3 Å². The Morgan fingerprint density at radius 1 is 0.333 bits per heavy atom. The molecule has 0 spiro atoms. The van der Waals surface area contributed by atoms with E-state index in [1.54, 1.807) is 4.90 Å². The van der Waals surface area contributed by atoms with E-state index < -0.39 is 30.2 Å². The number of carbonyl (C=O) groups excluding carboxylic acids is 6. The molecule has 1 amide bonds. The van der Waals surface area contributed by atoms with Gasteiger partial charge in [0, 0.05) is 78.3 Å². The zero-order chi connectivity index (χ0) is 66.6. The molecule has 0 aromatic rings. The third kappa shape index (κ3) is 61.0. The second-order valence-electron chi connectivity index (χ2n) is 24.9. The first-order chi connectivity index (χ1) is 43.9. The third-order valence-corrected chi connectivity index (χ3v) is 15.9. The molecule has 0 rings (SSSR count). The van der Waals surface area contributed by atoms with Crippen molar-refractivity contribution in [2.24, 2.45) is 0 Å². The summed E-state index contributed by atoms with van der Waals surface area (Å²) in [4.78, 5) is 78.5. The predicted molar refractivity (Wildman–Crippen MR) is 363 cm³/mol. The van der Waals surface area contributed by atoms with E-state index in [1.165, 1.54) is 116 Å². The maximum Gasteiger partial charge on any atom is 0.306 e. The van der Waals surface area contributed by atoms with Gasteiger partial charge < -0.3 is 57.2 Å². The van der Waals surface area contributed by atoms with Crippen LogP contribution in [0, 0.1) is 0 Å². The molecule has 0 radical (unpaired) electrons. The normalized spacial score (nSPS) is 12.1. The summed E-state index contributed by atoms with van der Waals surface area (Å²) in [5.41, 5.74) is 0. The second-order valence-corrected chi connectivity index (χ2v) is 24.9. The van der Waals surface area contributed by atoms with Crippen molar-refractivity contribution in [1.29, 1.82) is 0 Å². The minimum absolute atomic E-state index is 0.0746. The van der Waals surface area contributed by atoms with Crippen LogP contribution in [0.5, 0.6) is 0 Å². The van der Waals surface area contributed by atoms with E-state index in [-0.39, 0.29) is 76.2 Å². The van der Waals surface area contributed by atoms with Gasteiger partial charge in [0.05, 0.1) is 25.5 Å². The smallest absolute Gasteiger partial charge is 0.306 e. The van der Waals surface area contributed by atoms with Crippen LogP contribution in [-0.2, 0) is 71.4 Å². The zero-order valence-electron chi connectivity index (χ0n) is 59.4. The Hall–Kier alpha value is -3.22. The SMILES string of the molecule is C=O.CCCCCCCCOC(CCCOCCCCC(=O)OCC(COC(=O)CCCCOC(=O)CCC(OCCCCCCCC)OCCCCCCCC)N(CCCN(C)C)C(=O)CCC(=O)OC(CCC)CCCCCC)OCCCCCCCC. The summed E-state index contributed by atoms with van der Waals surface area (Å²) in [7, 11) is 3.91. The summed E-state index contributed by atoms with van der Waals surface area (Å²) in [6.45, 7) is 19.7. The molecule has 0 aliphatic rings. The number of esters is 4. The van der Waals surface area contributed by atoms with Gasteiger partial charge in [-0.25, -0.2) is 0 Å². The summed E-state index contributed by atoms with van der Waals surface area (Å²) in [5, 5.41) is 0. The Morgan fingerprint density at radius 3 is 1.19 bits per heavy atom. The lowest BCUT2D eigenvalue weighted by Crippen LogP contribution is -2.47. The lowest BCUT2D eigenvalue weighted by atomic mass is 10.1. The van der Waals surface area contributed by atoms with Crippen LogP contribution in [0.2, 0.25) is 0 Å². The van der Waals surface area contributed by atoms with Crippen LogP contribution < -0.4 is 0 Å². The van der Waals surface area contributed by atoms with Crippen molar-refractivity contribution in [3.8, 4) is 0 Å². The van der Waals surface area contributed by atoms with Gasteiger partial charge in [0.15, 0.2) is 12.6 Å². The molecule has 17 heteroatoms. The van der Waals surface area contributed by atoms with E-state index in [1.807, 2.05) is 25.8 Å². The van der Waals surface area contributed by atoms with E-state index in [2.05, 4.69) is 41.5 Å². The highest BCUT2D eigenvalue weighted by molar-refractivity contribution is 5.82. The lowest BCUT2D eigenvalue weighted by molar-refractivity contribution is -0.159. The van der Waals surface area contributed by atoms with Gasteiger partial charge in [-0.05, 0) is 104 Å². The summed E-state index contributed by atoms with van der Waals surface area (Å²) in [5.74, 6) is -1.93. The van der Waals surface area contributed by atoms with Crippen molar-refractivity contribution in [2.45, 2.75) is 349 Å². The van der Waals surface area contributed by atoms with Crippen molar-refractivity contribution in [3.05, 3.63) is 0 Å². The molecule has 0 aliphatic heterocycles. The van der Waals surface area contributed by atoms with Gasteiger partial charge in [-0.2, -0.15) is 0 Å². The standard InChI is InChI=1S/C72H138N2O14.CH2O/c1-9-15-20-25-29-36-58-82-71(83-59-37-30-26-21-16-10-2)48-42-56-80-55-40-34-46-67(76)86-62-64(74(54-43-53-73(7)8)66(75)49-50-70(79)88-65(44-14-6)45-33-24-19-13-5)63-87-68(77)47-35-41-57-81-69(78)51-52-72(84-60-38-31-27-22-17-11-3)85-61-39-32-28-23-18-12-4;1-2/h64-65,71-72H,9-63H2,1-8H3;1H2. The van der Waals surface area contributed by atoms with Crippen LogP contribution in [0.15, 0.2) is 0 Å². The largest absolute Gasteiger partial charge is 0.466 e. The van der Waals surface area contributed by atoms with E-state index in [4.69, 9.17) is 47.4 Å². The Balaban J connectivity index is 0. The average molecular weight is 1290 g/mol. The molecule has 17 nitrogen and oxygen atoms in total. The number of carbonyl (C=O) groups is 6. The molecule has 2 atom stereocenters. The molecule has 2 unspecified atom stereocenters. The minimum atomic E-state index is -0.781. The van der Waals surface area contributed by atoms with Gasteiger partial charge in [-0.1, -0.05) is 196 Å². The van der Waals surface area contributed by atoms with Crippen LogP contribution in [-0.4, -0.2) is 158 Å². The molecule has 0 fully saturated rings. The van der Waals surface area contributed by atoms with Crippen LogP contribution in [0.25, 0.3) is 0 Å². The fourth-order valence-electron chi connectivity index (χ4n) is 10.4. The van der Waals surface area contributed by atoms with Crippen molar-refractivity contribution >= 4 is 36.6 Å². The highest BCUT2D eigenvalue weighted by atomic mass is 16.7. The molecule has 0 saturated heterocycles. The molecule has 0 saturated carbocycles. The fourth-order valence-corrected chi connectivity index (χ4v) is 10.4. The fraction of sp³-hybridized carbons (Fsp3) is 0.918. The highest BCUT2D eigenvalue weighted by Crippen LogP contribution is 2.18. The first kappa shape index (κ1) is 88.8. The topological polar surface area (TPSA) is 192 Å². The first-order valence-corrected chi connectivity index (χ1v) is 36.9. The maximum absolute atomic E-state index is 14.2. The Labute approximate surface area is 551 Å². The van der Waals surface area contributed by atoms with E-state index >= 15 is 0 Å². The molecule has 0 N–H and O–H groups in total. The predicted octanol–water partition coefficient (Wildman–Crippen LogP) is 17.1. The van der Waals surface area contributed by atoms with Gasteiger partial charge in [0.25, 0.3) is 0 Å². The lowest BCUT2D eigenvalue weighted by Gasteiger charge is -2.32. The van der Waals surface area contributed by atoms with Crippen LogP contribution >= 0.6 is 0 Å². The molecule has 0 aromatic carbocycles. The summed E-state index contributed by atoms with van der Waals surface area (Å²) in [6.07, 6.45) is 39.5. The number of hydrogen-bond donors (Lipinski definition) is 0. The Bertz CT molecular complexity index is 1560. The summed E-state index contributed by atoms with van der Waals surface area (Å²) >= 11 is 0. The minimum Gasteiger partial charge on any atom is -0.466 e.